The number of nitro benzene ring substituents is 1. The first-order valence-electron chi connectivity index (χ1n) is 7.87. The van der Waals surface area contributed by atoms with Gasteiger partial charge in [0.1, 0.15) is 5.82 Å². The Hall–Kier alpha value is -3.26. The standard InChI is InChI=1S/C18H14ClFN4O3/c1-11-7-17(21-18(25)12-3-2-4-15(8-12)24(26)27)22-23(11)10-13-5-6-14(20)9-16(13)19/h2-9H,10H2,1H3,(H,21,22,25). The van der Waals surface area contributed by atoms with Gasteiger partial charge in [0.25, 0.3) is 11.6 Å². The number of halogens is 2. The van der Waals surface area contributed by atoms with Gasteiger partial charge in [-0.15, -0.1) is 0 Å². The van der Waals surface area contributed by atoms with Crippen LogP contribution in [0.25, 0.3) is 0 Å². The van der Waals surface area contributed by atoms with Crippen LogP contribution in [0.1, 0.15) is 21.6 Å². The van der Waals surface area contributed by atoms with Gasteiger partial charge in [-0.2, -0.15) is 5.10 Å². The van der Waals surface area contributed by atoms with Gasteiger partial charge in [0, 0.05) is 34.5 Å². The third-order valence-corrected chi connectivity index (χ3v) is 4.23. The number of hydrogen-bond donors (Lipinski definition) is 1. The second-order valence-electron chi connectivity index (χ2n) is 5.83. The fourth-order valence-corrected chi connectivity index (χ4v) is 2.72. The monoisotopic (exact) mass is 388 g/mol. The van der Waals surface area contributed by atoms with Gasteiger partial charge in [-0.1, -0.05) is 23.7 Å². The number of carbonyl (C=O) groups is 1. The van der Waals surface area contributed by atoms with Crippen molar-refractivity contribution >= 4 is 29.0 Å². The molecule has 27 heavy (non-hydrogen) atoms. The minimum absolute atomic E-state index is 0.151. The number of aromatic nitrogens is 2. The number of amides is 1. The summed E-state index contributed by atoms with van der Waals surface area (Å²) in [5.41, 5.74) is 1.42. The maximum atomic E-state index is 13.2. The van der Waals surface area contributed by atoms with E-state index in [4.69, 9.17) is 11.6 Å². The molecule has 3 rings (SSSR count). The summed E-state index contributed by atoms with van der Waals surface area (Å²) in [6.45, 7) is 2.10. The van der Waals surface area contributed by atoms with Crippen LogP contribution >= 0.6 is 11.6 Å². The van der Waals surface area contributed by atoms with Gasteiger partial charge in [0.2, 0.25) is 0 Å². The molecule has 0 saturated carbocycles. The van der Waals surface area contributed by atoms with E-state index >= 15 is 0 Å². The van der Waals surface area contributed by atoms with Crippen LogP contribution in [0.4, 0.5) is 15.9 Å². The molecule has 0 radical (unpaired) electrons. The fraction of sp³-hybridized carbons (Fsp3) is 0.111. The summed E-state index contributed by atoms with van der Waals surface area (Å²) in [4.78, 5) is 22.6. The summed E-state index contributed by atoms with van der Waals surface area (Å²) in [5, 5.41) is 18.0. The molecule has 138 valence electrons. The van der Waals surface area contributed by atoms with E-state index in [9.17, 15) is 19.3 Å². The van der Waals surface area contributed by atoms with Gasteiger partial charge in [-0.05, 0) is 30.7 Å². The number of rotatable bonds is 5. The Kier molecular flexibility index (Phi) is 5.18. The molecule has 3 aromatic rings. The smallest absolute Gasteiger partial charge is 0.270 e. The van der Waals surface area contributed by atoms with Crippen LogP contribution in [0.15, 0.2) is 48.5 Å². The Balaban J connectivity index is 1.77. The van der Waals surface area contributed by atoms with E-state index in [1.807, 2.05) is 0 Å². The van der Waals surface area contributed by atoms with E-state index in [0.29, 0.717) is 17.9 Å². The van der Waals surface area contributed by atoms with Crippen molar-refractivity contribution in [2.75, 3.05) is 5.32 Å². The van der Waals surface area contributed by atoms with Crippen molar-refractivity contribution in [1.29, 1.82) is 0 Å². The first-order valence-corrected chi connectivity index (χ1v) is 8.25. The minimum Gasteiger partial charge on any atom is -0.305 e. The molecule has 0 spiro atoms. The maximum Gasteiger partial charge on any atom is 0.270 e. The lowest BCUT2D eigenvalue weighted by Gasteiger charge is -2.07. The zero-order chi connectivity index (χ0) is 19.6. The average molecular weight is 389 g/mol. The molecule has 9 heteroatoms. The number of benzene rings is 2. The highest BCUT2D eigenvalue weighted by molar-refractivity contribution is 6.31. The maximum absolute atomic E-state index is 13.2. The number of carbonyl (C=O) groups excluding carboxylic acids is 1. The Bertz CT molecular complexity index is 1040. The van der Waals surface area contributed by atoms with E-state index in [2.05, 4.69) is 10.4 Å². The number of hydrogen-bond acceptors (Lipinski definition) is 4. The van der Waals surface area contributed by atoms with Crippen LogP contribution < -0.4 is 5.32 Å². The summed E-state index contributed by atoms with van der Waals surface area (Å²) in [5.74, 6) is -0.642. The third kappa shape index (κ3) is 4.29. The zero-order valence-electron chi connectivity index (χ0n) is 14.1. The topological polar surface area (TPSA) is 90.1 Å². The Labute approximate surface area is 158 Å². The molecule has 0 saturated heterocycles. The second kappa shape index (κ2) is 7.55. The molecule has 0 atom stereocenters. The average Bonchev–Trinajstić information content (AvgIpc) is 2.96. The van der Waals surface area contributed by atoms with Crippen molar-refractivity contribution < 1.29 is 14.1 Å². The molecular weight excluding hydrogens is 375 g/mol. The lowest BCUT2D eigenvalue weighted by atomic mass is 10.2. The molecule has 7 nitrogen and oxygen atoms in total. The number of nitro groups is 1. The van der Waals surface area contributed by atoms with Crippen LogP contribution in [-0.4, -0.2) is 20.6 Å². The quantitative estimate of drug-likeness (QED) is 0.524. The van der Waals surface area contributed by atoms with E-state index in [0.717, 1.165) is 5.69 Å². The Morgan fingerprint density at radius 2 is 2.07 bits per heavy atom. The molecule has 0 unspecified atom stereocenters. The normalized spacial score (nSPS) is 10.6. The highest BCUT2D eigenvalue weighted by Crippen LogP contribution is 2.20. The van der Waals surface area contributed by atoms with Crippen molar-refractivity contribution in [3.63, 3.8) is 0 Å². The lowest BCUT2D eigenvalue weighted by molar-refractivity contribution is -0.384. The van der Waals surface area contributed by atoms with Crippen LogP contribution in [0.5, 0.6) is 0 Å². The highest BCUT2D eigenvalue weighted by Gasteiger charge is 2.14. The fourth-order valence-electron chi connectivity index (χ4n) is 2.49. The van der Waals surface area contributed by atoms with Crippen molar-refractivity contribution in [3.05, 3.63) is 86.3 Å². The summed E-state index contributed by atoms with van der Waals surface area (Å²) in [7, 11) is 0. The third-order valence-electron chi connectivity index (χ3n) is 3.88. The summed E-state index contributed by atoms with van der Waals surface area (Å²) >= 11 is 6.04. The van der Waals surface area contributed by atoms with E-state index in [-0.39, 0.29) is 16.3 Å². The van der Waals surface area contributed by atoms with E-state index in [1.165, 1.54) is 36.4 Å². The molecule has 1 aromatic heterocycles. The number of nitrogens with one attached hydrogen (secondary N) is 1. The molecule has 0 aliphatic carbocycles. The van der Waals surface area contributed by atoms with Gasteiger partial charge in [0.15, 0.2) is 5.82 Å². The summed E-state index contributed by atoms with van der Waals surface area (Å²) in [6, 6.07) is 11.2. The summed E-state index contributed by atoms with van der Waals surface area (Å²) in [6.07, 6.45) is 0. The van der Waals surface area contributed by atoms with Crippen molar-refractivity contribution in [2.45, 2.75) is 13.5 Å². The van der Waals surface area contributed by atoms with Crippen LogP contribution in [-0.2, 0) is 6.54 Å². The van der Waals surface area contributed by atoms with Crippen molar-refractivity contribution in [1.82, 2.24) is 9.78 Å². The second-order valence-corrected chi connectivity index (χ2v) is 6.23. The molecule has 1 amide bonds. The van der Waals surface area contributed by atoms with Crippen molar-refractivity contribution in [3.8, 4) is 0 Å². The molecule has 1 N–H and O–H groups in total. The number of non-ortho nitro benzene ring substituents is 1. The molecule has 0 bridgehead atoms. The molecule has 2 aromatic carbocycles. The highest BCUT2D eigenvalue weighted by atomic mass is 35.5. The predicted molar refractivity (Wildman–Crippen MR) is 98.5 cm³/mol. The predicted octanol–water partition coefficient (Wildman–Crippen LogP) is 4.19. The zero-order valence-corrected chi connectivity index (χ0v) is 14.9. The van der Waals surface area contributed by atoms with Crippen LogP contribution in [0.3, 0.4) is 0 Å². The van der Waals surface area contributed by atoms with E-state index in [1.54, 1.807) is 23.7 Å². The first-order chi connectivity index (χ1) is 12.8. The van der Waals surface area contributed by atoms with Crippen LogP contribution in [0.2, 0.25) is 5.02 Å². The van der Waals surface area contributed by atoms with E-state index < -0.39 is 16.6 Å². The molecule has 0 fully saturated rings. The number of aryl methyl sites for hydroxylation is 1. The molecule has 1 heterocycles. The SMILES string of the molecule is Cc1cc(NC(=O)c2cccc([N+](=O)[O-])c2)nn1Cc1ccc(F)cc1Cl. The molecular formula is C18H14ClFN4O3. The van der Waals surface area contributed by atoms with Gasteiger partial charge >= 0.3 is 0 Å². The lowest BCUT2D eigenvalue weighted by Crippen LogP contribution is -2.13. The molecule has 0 aliphatic rings. The number of nitrogens with zero attached hydrogens (tertiary/aromatic N) is 3. The number of anilines is 1. The van der Waals surface area contributed by atoms with Crippen molar-refractivity contribution in [2.24, 2.45) is 0 Å². The first kappa shape index (κ1) is 18.5. The Morgan fingerprint density at radius 1 is 1.30 bits per heavy atom. The van der Waals surface area contributed by atoms with Gasteiger partial charge in [0.05, 0.1) is 11.5 Å². The van der Waals surface area contributed by atoms with Gasteiger partial charge < -0.3 is 5.32 Å². The van der Waals surface area contributed by atoms with Gasteiger partial charge in [-0.3, -0.25) is 19.6 Å². The van der Waals surface area contributed by atoms with Gasteiger partial charge in [-0.25, -0.2) is 4.39 Å². The Morgan fingerprint density at radius 3 is 2.78 bits per heavy atom. The molecule has 0 aliphatic heterocycles. The summed E-state index contributed by atoms with van der Waals surface area (Å²) < 4.78 is 14.8. The minimum atomic E-state index is -0.567. The van der Waals surface area contributed by atoms with Crippen LogP contribution in [0, 0.1) is 22.9 Å². The largest absolute Gasteiger partial charge is 0.305 e.